The molecule has 18 heavy (non-hydrogen) atoms. The summed E-state index contributed by atoms with van der Waals surface area (Å²) in [5.41, 5.74) is 0. The molecule has 1 aliphatic heterocycles. The molecule has 0 bridgehead atoms. The fraction of sp³-hybridized carbons (Fsp3) is 0.692. The lowest BCUT2D eigenvalue weighted by Gasteiger charge is -2.29. The fourth-order valence-electron chi connectivity index (χ4n) is 2.12. The maximum Gasteiger partial charge on any atom is 0.129 e. The van der Waals surface area contributed by atoms with Crippen LogP contribution >= 0.6 is 0 Å². The zero-order valence-electron chi connectivity index (χ0n) is 11.0. The van der Waals surface area contributed by atoms with E-state index < -0.39 is 0 Å². The second-order valence-corrected chi connectivity index (χ2v) is 4.26. The average Bonchev–Trinajstić information content (AvgIpc) is 2.86. The highest BCUT2D eigenvalue weighted by molar-refractivity contribution is 5.12. The van der Waals surface area contributed by atoms with E-state index in [1.807, 2.05) is 12.1 Å². The van der Waals surface area contributed by atoms with Crippen LogP contribution < -0.4 is 5.32 Å². The van der Waals surface area contributed by atoms with Crippen LogP contribution in [-0.4, -0.2) is 39.6 Å². The summed E-state index contributed by atoms with van der Waals surface area (Å²) in [6.07, 6.45) is 0.000227. The van der Waals surface area contributed by atoms with Gasteiger partial charge in [0.25, 0.3) is 0 Å². The summed E-state index contributed by atoms with van der Waals surface area (Å²) >= 11 is 0. The molecule has 0 aliphatic carbocycles. The number of nitrogens with one attached hydrogen (secondary N) is 1. The van der Waals surface area contributed by atoms with E-state index in [0.29, 0.717) is 26.4 Å². The van der Waals surface area contributed by atoms with Crippen molar-refractivity contribution in [1.82, 2.24) is 5.32 Å². The molecule has 2 atom stereocenters. The van der Waals surface area contributed by atoms with Crippen LogP contribution in [0.3, 0.4) is 0 Å². The van der Waals surface area contributed by atoms with Crippen molar-refractivity contribution < 1.29 is 18.6 Å². The van der Waals surface area contributed by atoms with E-state index in [1.54, 1.807) is 7.11 Å². The largest absolute Gasteiger partial charge is 0.462 e. The van der Waals surface area contributed by atoms with Gasteiger partial charge in [0.2, 0.25) is 0 Å². The Bertz CT molecular complexity index is 347. The lowest BCUT2D eigenvalue weighted by Crippen LogP contribution is -2.40. The van der Waals surface area contributed by atoms with Gasteiger partial charge in [-0.3, -0.25) is 0 Å². The van der Waals surface area contributed by atoms with Crippen LogP contribution in [0.25, 0.3) is 0 Å². The van der Waals surface area contributed by atoms with Crippen molar-refractivity contribution in [2.75, 3.05) is 33.5 Å². The molecule has 5 nitrogen and oxygen atoms in total. The Morgan fingerprint density at radius 1 is 1.44 bits per heavy atom. The van der Waals surface area contributed by atoms with Crippen LogP contribution in [0, 0.1) is 0 Å². The molecule has 0 saturated carbocycles. The van der Waals surface area contributed by atoms with Gasteiger partial charge in [-0.25, -0.2) is 0 Å². The monoisotopic (exact) mass is 255 g/mol. The molecule has 5 heteroatoms. The summed E-state index contributed by atoms with van der Waals surface area (Å²) in [5, 5.41) is 3.38. The first-order chi connectivity index (χ1) is 8.85. The van der Waals surface area contributed by atoms with Gasteiger partial charge in [0, 0.05) is 7.11 Å². The maximum absolute atomic E-state index is 5.77. The lowest BCUT2D eigenvalue weighted by molar-refractivity contribution is -0.104. The van der Waals surface area contributed by atoms with Crippen LogP contribution in [0.2, 0.25) is 0 Å². The van der Waals surface area contributed by atoms with E-state index in [0.717, 1.165) is 18.1 Å². The first kappa shape index (κ1) is 13.5. The van der Waals surface area contributed by atoms with Crippen molar-refractivity contribution in [3.05, 3.63) is 23.7 Å². The van der Waals surface area contributed by atoms with Crippen LogP contribution in [-0.2, 0) is 20.8 Å². The molecule has 1 N–H and O–H groups in total. The van der Waals surface area contributed by atoms with Gasteiger partial charge in [0.1, 0.15) is 24.2 Å². The van der Waals surface area contributed by atoms with Gasteiger partial charge in [-0.2, -0.15) is 0 Å². The average molecular weight is 255 g/mol. The summed E-state index contributed by atoms with van der Waals surface area (Å²) in [6.45, 7) is 5.31. The third-order valence-corrected chi connectivity index (χ3v) is 2.91. The number of ether oxygens (including phenoxy) is 3. The summed E-state index contributed by atoms with van der Waals surface area (Å²) in [6, 6.07) is 3.94. The summed E-state index contributed by atoms with van der Waals surface area (Å²) in [7, 11) is 1.65. The third kappa shape index (κ3) is 3.32. The van der Waals surface area contributed by atoms with Crippen LogP contribution in [0.15, 0.2) is 16.5 Å². The SMILES string of the molecule is CCNC(c1ccc(COC)o1)C1COCCO1. The molecule has 1 fully saturated rings. The highest BCUT2D eigenvalue weighted by Gasteiger charge is 2.28. The van der Waals surface area contributed by atoms with Crippen LogP contribution in [0.5, 0.6) is 0 Å². The zero-order valence-corrected chi connectivity index (χ0v) is 11.0. The molecule has 0 aromatic carbocycles. The van der Waals surface area contributed by atoms with E-state index in [9.17, 15) is 0 Å². The zero-order chi connectivity index (χ0) is 12.8. The Labute approximate surface area is 107 Å². The highest BCUT2D eigenvalue weighted by Crippen LogP contribution is 2.24. The molecule has 1 aliphatic rings. The maximum atomic E-state index is 5.77. The summed E-state index contributed by atoms with van der Waals surface area (Å²) in [4.78, 5) is 0. The van der Waals surface area contributed by atoms with E-state index >= 15 is 0 Å². The van der Waals surface area contributed by atoms with Gasteiger partial charge in [-0.15, -0.1) is 0 Å². The molecule has 1 saturated heterocycles. The molecular formula is C13H21NO4. The molecule has 1 aromatic heterocycles. The molecular weight excluding hydrogens is 234 g/mol. The number of furan rings is 1. The Kier molecular flexibility index (Phi) is 5.19. The predicted octanol–water partition coefficient (Wildman–Crippen LogP) is 1.49. The Morgan fingerprint density at radius 3 is 3.00 bits per heavy atom. The van der Waals surface area contributed by atoms with Gasteiger partial charge in [-0.05, 0) is 18.7 Å². The van der Waals surface area contributed by atoms with E-state index in [-0.39, 0.29) is 12.1 Å². The second-order valence-electron chi connectivity index (χ2n) is 4.26. The minimum Gasteiger partial charge on any atom is -0.462 e. The summed E-state index contributed by atoms with van der Waals surface area (Å²) in [5.74, 6) is 1.70. The van der Waals surface area contributed by atoms with Crippen LogP contribution in [0.1, 0.15) is 24.5 Å². The Hall–Kier alpha value is -0.880. The normalized spacial score (nSPS) is 22.0. The minimum absolute atomic E-state index is 0.000227. The molecule has 102 valence electrons. The number of rotatable bonds is 6. The Morgan fingerprint density at radius 2 is 2.33 bits per heavy atom. The minimum atomic E-state index is 0.000227. The highest BCUT2D eigenvalue weighted by atomic mass is 16.6. The van der Waals surface area contributed by atoms with Crippen molar-refractivity contribution in [3.63, 3.8) is 0 Å². The van der Waals surface area contributed by atoms with Gasteiger partial charge in [0.05, 0.1) is 25.9 Å². The van der Waals surface area contributed by atoms with Crippen molar-refractivity contribution in [2.45, 2.75) is 25.7 Å². The number of likely N-dealkylation sites (N-methyl/N-ethyl adjacent to an activating group) is 1. The third-order valence-electron chi connectivity index (χ3n) is 2.91. The number of methoxy groups -OCH3 is 1. The smallest absolute Gasteiger partial charge is 0.129 e. The van der Waals surface area contributed by atoms with E-state index in [2.05, 4.69) is 12.2 Å². The molecule has 2 unspecified atom stereocenters. The lowest BCUT2D eigenvalue weighted by atomic mass is 10.1. The molecule has 0 spiro atoms. The van der Waals surface area contributed by atoms with Gasteiger partial charge in [0.15, 0.2) is 0 Å². The van der Waals surface area contributed by atoms with E-state index in [4.69, 9.17) is 18.6 Å². The fourth-order valence-corrected chi connectivity index (χ4v) is 2.12. The van der Waals surface area contributed by atoms with Crippen molar-refractivity contribution in [1.29, 1.82) is 0 Å². The van der Waals surface area contributed by atoms with Gasteiger partial charge < -0.3 is 23.9 Å². The quantitative estimate of drug-likeness (QED) is 0.834. The van der Waals surface area contributed by atoms with Crippen molar-refractivity contribution >= 4 is 0 Å². The summed E-state index contributed by atoms with van der Waals surface area (Å²) < 4.78 is 22.0. The van der Waals surface area contributed by atoms with Crippen molar-refractivity contribution in [3.8, 4) is 0 Å². The second kappa shape index (κ2) is 6.89. The van der Waals surface area contributed by atoms with Gasteiger partial charge >= 0.3 is 0 Å². The van der Waals surface area contributed by atoms with Gasteiger partial charge in [-0.1, -0.05) is 6.92 Å². The molecule has 0 amide bonds. The Balaban J connectivity index is 2.06. The molecule has 1 aromatic rings. The van der Waals surface area contributed by atoms with Crippen molar-refractivity contribution in [2.24, 2.45) is 0 Å². The first-order valence-electron chi connectivity index (χ1n) is 6.35. The standard InChI is InChI=1S/C13H21NO4/c1-3-14-13(12-9-16-6-7-17-12)11-5-4-10(18-11)8-15-2/h4-5,12-14H,3,6-9H2,1-2H3. The van der Waals surface area contributed by atoms with E-state index in [1.165, 1.54) is 0 Å². The number of hydrogen-bond donors (Lipinski definition) is 1. The molecule has 0 radical (unpaired) electrons. The molecule has 2 rings (SSSR count). The number of hydrogen-bond acceptors (Lipinski definition) is 5. The van der Waals surface area contributed by atoms with Crippen LogP contribution in [0.4, 0.5) is 0 Å². The predicted molar refractivity (Wildman–Crippen MR) is 66.4 cm³/mol. The first-order valence-corrected chi connectivity index (χ1v) is 6.35. The topological polar surface area (TPSA) is 52.9 Å². The molecule has 2 heterocycles.